The Hall–Kier alpha value is -2.89. The predicted molar refractivity (Wildman–Crippen MR) is 84.7 cm³/mol. The Morgan fingerprint density at radius 1 is 1.26 bits per heavy atom. The van der Waals surface area contributed by atoms with E-state index < -0.39 is 5.97 Å². The summed E-state index contributed by atoms with van der Waals surface area (Å²) >= 11 is 0. The van der Waals surface area contributed by atoms with Crippen LogP contribution in [0.4, 0.5) is 10.1 Å². The van der Waals surface area contributed by atoms with Crippen molar-refractivity contribution in [2.45, 2.75) is 19.3 Å². The highest BCUT2D eigenvalue weighted by atomic mass is 19.1. The summed E-state index contributed by atoms with van der Waals surface area (Å²) in [5, 5.41) is 23.1. The smallest absolute Gasteiger partial charge is 0.335 e. The molecule has 0 aromatic heterocycles. The van der Waals surface area contributed by atoms with Crippen LogP contribution in [-0.4, -0.2) is 21.9 Å². The maximum Gasteiger partial charge on any atom is 0.335 e. The number of phenols is 1. The van der Waals surface area contributed by atoms with Gasteiger partial charge in [0.15, 0.2) is 0 Å². The zero-order valence-corrected chi connectivity index (χ0v) is 12.4. The Labute approximate surface area is 132 Å². The molecule has 0 saturated heterocycles. The fraction of sp³-hybridized carbons (Fsp3) is 0.176. The van der Waals surface area contributed by atoms with Crippen LogP contribution < -0.4 is 5.43 Å². The summed E-state index contributed by atoms with van der Waals surface area (Å²) in [5.41, 5.74) is 5.11. The number of aromatic hydroxyl groups is 1. The quantitative estimate of drug-likeness (QED) is 0.757. The van der Waals surface area contributed by atoms with Gasteiger partial charge in [-0.1, -0.05) is 6.92 Å². The van der Waals surface area contributed by atoms with Gasteiger partial charge in [-0.05, 0) is 48.7 Å². The topological polar surface area (TPSA) is 81.9 Å². The van der Waals surface area contributed by atoms with Gasteiger partial charge >= 0.3 is 5.97 Å². The van der Waals surface area contributed by atoms with Gasteiger partial charge < -0.3 is 10.2 Å². The lowest BCUT2D eigenvalue weighted by molar-refractivity contribution is 0.0697. The molecule has 23 heavy (non-hydrogen) atoms. The summed E-state index contributed by atoms with van der Waals surface area (Å²) in [7, 11) is 0. The number of nitrogens with one attached hydrogen (secondary N) is 1. The third kappa shape index (κ3) is 2.75. The monoisotopic (exact) mass is 314 g/mol. The van der Waals surface area contributed by atoms with E-state index in [0.717, 1.165) is 0 Å². The molecule has 0 spiro atoms. The van der Waals surface area contributed by atoms with Crippen molar-refractivity contribution in [3.8, 4) is 5.75 Å². The summed E-state index contributed by atoms with van der Waals surface area (Å²) in [4.78, 5) is 10.8. The number of halogens is 1. The number of aromatic carboxylic acids is 1. The van der Waals surface area contributed by atoms with E-state index in [9.17, 15) is 14.3 Å². The highest BCUT2D eigenvalue weighted by Crippen LogP contribution is 2.39. The first-order valence-corrected chi connectivity index (χ1v) is 7.15. The van der Waals surface area contributed by atoms with Crippen LogP contribution in [0.2, 0.25) is 0 Å². The molecule has 5 nitrogen and oxygen atoms in total. The lowest BCUT2D eigenvalue weighted by Crippen LogP contribution is -2.01. The van der Waals surface area contributed by atoms with Gasteiger partial charge in [-0.25, -0.2) is 9.18 Å². The number of carboxylic acids is 1. The minimum Gasteiger partial charge on any atom is -0.507 e. The van der Waals surface area contributed by atoms with E-state index in [1.54, 1.807) is 12.1 Å². The maximum absolute atomic E-state index is 13.9. The number of fused-ring (bicyclic) bond motifs is 1. The van der Waals surface area contributed by atoms with E-state index in [1.807, 2.05) is 6.92 Å². The number of phenolic OH excluding ortho intramolecular Hbond substituents is 1. The molecular formula is C17H15FN2O3. The molecule has 3 rings (SSSR count). The van der Waals surface area contributed by atoms with E-state index in [4.69, 9.17) is 5.11 Å². The third-order valence-electron chi connectivity index (χ3n) is 3.90. The number of carboxylic acid groups (broad SMARTS) is 1. The first-order valence-electron chi connectivity index (χ1n) is 7.15. The first kappa shape index (κ1) is 15.0. The fourth-order valence-electron chi connectivity index (χ4n) is 2.78. The Morgan fingerprint density at radius 3 is 2.61 bits per heavy atom. The number of hydrogen-bond acceptors (Lipinski definition) is 4. The molecule has 0 radical (unpaired) electrons. The largest absolute Gasteiger partial charge is 0.507 e. The number of rotatable bonds is 3. The lowest BCUT2D eigenvalue weighted by atomic mass is 10.0. The molecule has 0 unspecified atom stereocenters. The predicted octanol–water partition coefficient (Wildman–Crippen LogP) is 3.55. The minimum atomic E-state index is -0.998. The van der Waals surface area contributed by atoms with Gasteiger partial charge in [0, 0.05) is 11.1 Å². The second-order valence-electron chi connectivity index (χ2n) is 5.51. The molecule has 0 heterocycles. The van der Waals surface area contributed by atoms with E-state index in [0.29, 0.717) is 28.9 Å². The molecule has 0 amide bonds. The molecule has 2 aromatic rings. The molecular weight excluding hydrogens is 299 g/mol. The summed E-state index contributed by atoms with van der Waals surface area (Å²) in [6.07, 6.45) is 0.518. The van der Waals surface area contributed by atoms with Gasteiger partial charge in [0.25, 0.3) is 0 Å². The van der Waals surface area contributed by atoms with Crippen molar-refractivity contribution < 1.29 is 19.4 Å². The van der Waals surface area contributed by atoms with Gasteiger partial charge in [0.05, 0.1) is 17.0 Å². The molecule has 118 valence electrons. The second kappa shape index (κ2) is 5.72. The van der Waals surface area contributed by atoms with E-state index >= 15 is 0 Å². The van der Waals surface area contributed by atoms with Crippen molar-refractivity contribution in [2.75, 3.05) is 5.43 Å². The molecule has 1 aliphatic rings. The van der Waals surface area contributed by atoms with Crippen LogP contribution in [0.5, 0.6) is 5.75 Å². The lowest BCUT2D eigenvalue weighted by Gasteiger charge is -2.07. The average molecular weight is 314 g/mol. The van der Waals surface area contributed by atoms with Crippen LogP contribution in [0.1, 0.15) is 40.7 Å². The number of hydrazone groups is 1. The number of benzene rings is 2. The van der Waals surface area contributed by atoms with E-state index in [-0.39, 0.29) is 23.0 Å². The molecule has 1 aliphatic carbocycles. The SMILES string of the molecule is C[C@H]1C/C(=N\Nc2ccc(C(=O)O)cc2)c2c(O)ccc(F)c21. The third-order valence-corrected chi connectivity index (χ3v) is 3.90. The van der Waals surface area contributed by atoms with Gasteiger partial charge in [-0.15, -0.1) is 0 Å². The number of nitrogens with zero attached hydrogens (tertiary/aromatic N) is 1. The summed E-state index contributed by atoms with van der Waals surface area (Å²) in [6, 6.07) is 8.70. The zero-order chi connectivity index (χ0) is 16.6. The van der Waals surface area contributed by atoms with Crippen molar-refractivity contribution in [3.05, 3.63) is 58.9 Å². The molecule has 0 aliphatic heterocycles. The van der Waals surface area contributed by atoms with Gasteiger partial charge in [0.1, 0.15) is 11.6 Å². The molecule has 2 aromatic carbocycles. The van der Waals surface area contributed by atoms with Crippen LogP contribution >= 0.6 is 0 Å². The van der Waals surface area contributed by atoms with Crippen molar-refractivity contribution in [3.63, 3.8) is 0 Å². The van der Waals surface area contributed by atoms with Crippen LogP contribution in [0.15, 0.2) is 41.5 Å². The van der Waals surface area contributed by atoms with Crippen LogP contribution in [0.3, 0.4) is 0 Å². The Morgan fingerprint density at radius 2 is 1.96 bits per heavy atom. The molecule has 0 saturated carbocycles. The van der Waals surface area contributed by atoms with Crippen molar-refractivity contribution in [1.82, 2.24) is 0 Å². The molecule has 6 heteroatoms. The minimum absolute atomic E-state index is 0.00697. The Bertz CT molecular complexity index is 800. The van der Waals surface area contributed by atoms with Crippen molar-refractivity contribution in [2.24, 2.45) is 5.10 Å². The summed E-state index contributed by atoms with van der Waals surface area (Å²) < 4.78 is 13.9. The number of hydrogen-bond donors (Lipinski definition) is 3. The van der Waals surface area contributed by atoms with E-state index in [2.05, 4.69) is 10.5 Å². The number of anilines is 1. The number of carbonyl (C=O) groups is 1. The van der Waals surface area contributed by atoms with Gasteiger partial charge in [0.2, 0.25) is 0 Å². The first-order chi connectivity index (χ1) is 11.0. The van der Waals surface area contributed by atoms with E-state index in [1.165, 1.54) is 24.3 Å². The zero-order valence-electron chi connectivity index (χ0n) is 12.4. The fourth-order valence-corrected chi connectivity index (χ4v) is 2.78. The van der Waals surface area contributed by atoms with Crippen molar-refractivity contribution in [1.29, 1.82) is 0 Å². The Balaban J connectivity index is 1.88. The average Bonchev–Trinajstić information content (AvgIpc) is 2.87. The second-order valence-corrected chi connectivity index (χ2v) is 5.51. The summed E-state index contributed by atoms with van der Waals surface area (Å²) in [6.45, 7) is 1.88. The van der Waals surface area contributed by atoms with Crippen LogP contribution in [0, 0.1) is 5.82 Å². The van der Waals surface area contributed by atoms with Crippen LogP contribution in [0.25, 0.3) is 0 Å². The highest BCUT2D eigenvalue weighted by molar-refractivity contribution is 6.07. The van der Waals surface area contributed by atoms with Gasteiger partial charge in [-0.2, -0.15) is 5.10 Å². The molecule has 0 fully saturated rings. The van der Waals surface area contributed by atoms with Crippen molar-refractivity contribution >= 4 is 17.4 Å². The molecule has 3 N–H and O–H groups in total. The Kier molecular flexibility index (Phi) is 3.73. The molecule has 1 atom stereocenters. The summed E-state index contributed by atoms with van der Waals surface area (Å²) in [5.74, 6) is -1.40. The van der Waals surface area contributed by atoms with Gasteiger partial charge in [-0.3, -0.25) is 5.43 Å². The van der Waals surface area contributed by atoms with Crippen LogP contribution in [-0.2, 0) is 0 Å². The maximum atomic E-state index is 13.9. The molecule has 0 bridgehead atoms. The standard InChI is InChI=1S/C17H15FN2O3/c1-9-8-13(16-14(21)7-6-12(18)15(9)16)20-19-11-4-2-10(3-5-11)17(22)23/h2-7,9,19,21H,8H2,1H3,(H,22,23)/b20-13+/t9-/m0/s1. The normalized spacial score (nSPS) is 18.0. The highest BCUT2D eigenvalue weighted by Gasteiger charge is 2.30.